The Morgan fingerprint density at radius 3 is 2.79 bits per heavy atom. The van der Waals surface area contributed by atoms with Gasteiger partial charge in [0.2, 0.25) is 5.91 Å². The molecule has 0 saturated carbocycles. The summed E-state index contributed by atoms with van der Waals surface area (Å²) in [5.41, 5.74) is 0.220. The number of rotatable bonds is 0. The summed E-state index contributed by atoms with van der Waals surface area (Å²) in [6, 6.07) is 3.30. The van der Waals surface area contributed by atoms with E-state index in [0.29, 0.717) is 5.69 Å². The molecule has 0 spiro atoms. The third-order valence-electron chi connectivity index (χ3n) is 3.70. The molecule has 3 rings (SSSR count). The molecule has 0 aliphatic carbocycles. The third kappa shape index (κ3) is 2.05. The second-order valence-corrected chi connectivity index (χ2v) is 4.92. The third-order valence-corrected chi connectivity index (χ3v) is 3.70. The highest BCUT2D eigenvalue weighted by Crippen LogP contribution is 2.39. The molecule has 0 unspecified atom stereocenters. The first-order valence-corrected chi connectivity index (χ1v) is 6.25. The lowest BCUT2D eigenvalue weighted by Crippen LogP contribution is -2.50. The Bertz CT molecular complexity index is 527. The minimum Gasteiger partial charge on any atom is -0.358 e. The van der Waals surface area contributed by atoms with Crippen LogP contribution in [0.15, 0.2) is 18.2 Å². The molecular formula is C13H13F3N2O. The predicted molar refractivity (Wildman–Crippen MR) is 65.1 cm³/mol. The van der Waals surface area contributed by atoms with Gasteiger partial charge in [0.25, 0.3) is 0 Å². The fourth-order valence-electron chi connectivity index (χ4n) is 2.77. The number of alkyl halides is 3. The monoisotopic (exact) mass is 270 g/mol. The quantitative estimate of drug-likeness (QED) is 0.786. The average Bonchev–Trinajstić information content (AvgIpc) is 2.37. The topological polar surface area (TPSA) is 32.3 Å². The van der Waals surface area contributed by atoms with Crippen LogP contribution in [0.1, 0.15) is 24.8 Å². The number of fused-ring (bicyclic) bond motifs is 3. The molecule has 2 aliphatic rings. The molecule has 102 valence electrons. The number of benzene rings is 1. The Hall–Kier alpha value is -1.72. The molecule has 0 aromatic heterocycles. The van der Waals surface area contributed by atoms with Gasteiger partial charge in [0.1, 0.15) is 6.04 Å². The molecule has 2 aliphatic heterocycles. The van der Waals surface area contributed by atoms with E-state index in [4.69, 9.17) is 0 Å². The summed E-state index contributed by atoms with van der Waals surface area (Å²) in [7, 11) is 0. The van der Waals surface area contributed by atoms with E-state index in [-0.39, 0.29) is 17.6 Å². The van der Waals surface area contributed by atoms with Gasteiger partial charge in [0.05, 0.1) is 16.9 Å². The number of anilines is 2. The van der Waals surface area contributed by atoms with Crippen molar-refractivity contribution < 1.29 is 18.0 Å². The van der Waals surface area contributed by atoms with Crippen molar-refractivity contribution in [1.29, 1.82) is 0 Å². The molecule has 19 heavy (non-hydrogen) atoms. The van der Waals surface area contributed by atoms with E-state index < -0.39 is 11.7 Å². The first kappa shape index (κ1) is 12.3. The zero-order chi connectivity index (χ0) is 13.6. The summed E-state index contributed by atoms with van der Waals surface area (Å²) >= 11 is 0. The Kier molecular flexibility index (Phi) is 2.69. The molecule has 1 aromatic carbocycles. The minimum absolute atomic E-state index is 0.202. The minimum atomic E-state index is -4.39. The summed E-state index contributed by atoms with van der Waals surface area (Å²) in [5, 5.41) is 2.59. The lowest BCUT2D eigenvalue weighted by atomic mass is 9.97. The number of halogens is 3. The maximum absolute atomic E-state index is 12.7. The summed E-state index contributed by atoms with van der Waals surface area (Å²) in [5.74, 6) is -0.202. The van der Waals surface area contributed by atoms with Gasteiger partial charge in [-0.1, -0.05) is 0 Å². The van der Waals surface area contributed by atoms with Crippen LogP contribution in [0.3, 0.4) is 0 Å². The summed E-state index contributed by atoms with van der Waals surface area (Å²) in [6.45, 7) is 0.719. The molecule has 1 aromatic rings. The number of hydrogen-bond donors (Lipinski definition) is 1. The van der Waals surface area contributed by atoms with Crippen molar-refractivity contribution in [3.63, 3.8) is 0 Å². The van der Waals surface area contributed by atoms with Crippen molar-refractivity contribution in [3.8, 4) is 0 Å². The highest BCUT2D eigenvalue weighted by Gasteiger charge is 2.37. The Morgan fingerprint density at radius 1 is 1.26 bits per heavy atom. The summed E-state index contributed by atoms with van der Waals surface area (Å²) < 4.78 is 38.0. The van der Waals surface area contributed by atoms with E-state index in [1.54, 1.807) is 0 Å². The van der Waals surface area contributed by atoms with E-state index in [1.165, 1.54) is 6.07 Å². The smallest absolute Gasteiger partial charge is 0.358 e. The van der Waals surface area contributed by atoms with Crippen molar-refractivity contribution in [2.24, 2.45) is 0 Å². The van der Waals surface area contributed by atoms with Crippen molar-refractivity contribution in [3.05, 3.63) is 23.8 Å². The van der Waals surface area contributed by atoms with Gasteiger partial charge in [-0.3, -0.25) is 4.79 Å². The fraction of sp³-hybridized carbons (Fsp3) is 0.462. The average molecular weight is 270 g/mol. The van der Waals surface area contributed by atoms with Crippen molar-refractivity contribution >= 4 is 17.3 Å². The lowest BCUT2D eigenvalue weighted by molar-refractivity contribution is -0.137. The standard InChI is InChI=1S/C13H13F3N2O/c14-13(15,16)8-4-5-10-9(7-8)17-12(19)11-3-1-2-6-18(10)11/h4-5,7,11H,1-3,6H2,(H,17,19)/t11-/m0/s1. The Morgan fingerprint density at radius 2 is 2.05 bits per heavy atom. The highest BCUT2D eigenvalue weighted by atomic mass is 19.4. The van der Waals surface area contributed by atoms with Crippen molar-refractivity contribution in [2.75, 3.05) is 16.8 Å². The molecule has 2 heterocycles. The number of carbonyl (C=O) groups is 1. The van der Waals surface area contributed by atoms with Crippen molar-refractivity contribution in [1.82, 2.24) is 0 Å². The fourth-order valence-corrected chi connectivity index (χ4v) is 2.77. The molecule has 1 N–H and O–H groups in total. The van der Waals surface area contributed by atoms with Gasteiger partial charge in [0.15, 0.2) is 0 Å². The highest BCUT2D eigenvalue weighted by molar-refractivity contribution is 6.03. The number of piperidine rings is 1. The SMILES string of the molecule is O=C1Nc2cc(C(F)(F)F)ccc2N2CCCC[C@@H]12. The summed E-state index contributed by atoms with van der Waals surface area (Å²) in [6.07, 6.45) is -1.69. The predicted octanol–water partition coefficient (Wildman–Crippen LogP) is 3.02. The van der Waals surface area contributed by atoms with Gasteiger partial charge in [-0.25, -0.2) is 0 Å². The van der Waals surface area contributed by atoms with Crippen LogP contribution >= 0.6 is 0 Å². The lowest BCUT2D eigenvalue weighted by Gasteiger charge is -2.41. The molecule has 1 fully saturated rings. The van der Waals surface area contributed by atoms with Gasteiger partial charge in [0, 0.05) is 6.54 Å². The molecule has 0 bridgehead atoms. The zero-order valence-electron chi connectivity index (χ0n) is 10.1. The number of carbonyl (C=O) groups excluding carboxylic acids is 1. The van der Waals surface area contributed by atoms with Crippen LogP contribution in [0.25, 0.3) is 0 Å². The summed E-state index contributed by atoms with van der Waals surface area (Å²) in [4.78, 5) is 13.8. The second-order valence-electron chi connectivity index (χ2n) is 4.92. The van der Waals surface area contributed by atoms with E-state index in [1.807, 2.05) is 4.90 Å². The van der Waals surface area contributed by atoms with Gasteiger partial charge in [-0.15, -0.1) is 0 Å². The Balaban J connectivity index is 2.03. The molecule has 3 nitrogen and oxygen atoms in total. The largest absolute Gasteiger partial charge is 0.416 e. The molecule has 1 saturated heterocycles. The van der Waals surface area contributed by atoms with Crippen LogP contribution in [0.2, 0.25) is 0 Å². The van der Waals surface area contributed by atoms with Crippen LogP contribution in [0.5, 0.6) is 0 Å². The number of nitrogens with one attached hydrogen (secondary N) is 1. The molecule has 1 atom stereocenters. The van der Waals surface area contributed by atoms with Gasteiger partial charge in [-0.05, 0) is 37.5 Å². The van der Waals surface area contributed by atoms with Crippen LogP contribution < -0.4 is 10.2 Å². The number of nitrogens with zero attached hydrogens (tertiary/aromatic N) is 1. The van der Waals surface area contributed by atoms with Gasteiger partial charge in [-0.2, -0.15) is 13.2 Å². The first-order chi connectivity index (χ1) is 8.97. The zero-order valence-corrected chi connectivity index (χ0v) is 10.1. The van der Waals surface area contributed by atoms with E-state index >= 15 is 0 Å². The molecular weight excluding hydrogens is 257 g/mol. The number of amides is 1. The molecule has 0 radical (unpaired) electrons. The van der Waals surface area contributed by atoms with Crippen LogP contribution in [0.4, 0.5) is 24.5 Å². The van der Waals surface area contributed by atoms with Crippen molar-refractivity contribution in [2.45, 2.75) is 31.5 Å². The van der Waals surface area contributed by atoms with Crippen LogP contribution in [-0.4, -0.2) is 18.5 Å². The Labute approximate surface area is 108 Å². The van der Waals surface area contributed by atoms with E-state index in [2.05, 4.69) is 5.32 Å². The number of hydrogen-bond acceptors (Lipinski definition) is 2. The van der Waals surface area contributed by atoms with E-state index in [0.717, 1.165) is 37.9 Å². The molecule has 6 heteroatoms. The van der Waals surface area contributed by atoms with Crippen LogP contribution in [-0.2, 0) is 11.0 Å². The first-order valence-electron chi connectivity index (χ1n) is 6.25. The normalized spacial score (nSPS) is 22.6. The van der Waals surface area contributed by atoms with Crippen LogP contribution in [0, 0.1) is 0 Å². The van der Waals surface area contributed by atoms with Gasteiger partial charge < -0.3 is 10.2 Å². The molecule has 1 amide bonds. The van der Waals surface area contributed by atoms with E-state index in [9.17, 15) is 18.0 Å². The maximum atomic E-state index is 12.7. The van der Waals surface area contributed by atoms with Gasteiger partial charge >= 0.3 is 6.18 Å². The maximum Gasteiger partial charge on any atom is 0.416 e. The second kappa shape index (κ2) is 4.15.